The van der Waals surface area contributed by atoms with E-state index in [0.29, 0.717) is 57.0 Å². The van der Waals surface area contributed by atoms with Crippen LogP contribution in [-0.4, -0.2) is 58.3 Å². The summed E-state index contributed by atoms with van der Waals surface area (Å²) in [6.07, 6.45) is 0. The summed E-state index contributed by atoms with van der Waals surface area (Å²) in [5.74, 6) is -0.158. The molecule has 0 radical (unpaired) electrons. The van der Waals surface area contributed by atoms with Crippen LogP contribution in [-0.2, 0) is 19.5 Å². The summed E-state index contributed by atoms with van der Waals surface area (Å²) in [6.45, 7) is 5.96. The van der Waals surface area contributed by atoms with Crippen LogP contribution in [0.1, 0.15) is 35.6 Å². The molecule has 1 aliphatic heterocycles. The van der Waals surface area contributed by atoms with Gasteiger partial charge in [-0.3, -0.25) is 9.83 Å². The predicted molar refractivity (Wildman–Crippen MR) is 185 cm³/mol. The zero-order valence-corrected chi connectivity index (χ0v) is 34.7. The minimum atomic E-state index is -5.01. The molecule has 0 saturated heterocycles. The van der Waals surface area contributed by atoms with Crippen LogP contribution in [0.5, 0.6) is 0 Å². The Morgan fingerprint density at radius 1 is 1.00 bits per heavy atom. The van der Waals surface area contributed by atoms with Gasteiger partial charge in [0.05, 0.1) is 33.2 Å². The Morgan fingerprint density at radius 2 is 1.69 bits per heavy atom. The number of amides is 1. The summed E-state index contributed by atoms with van der Waals surface area (Å²) in [6, 6.07) is 24.8. The number of benzene rings is 4. The van der Waals surface area contributed by atoms with Gasteiger partial charge in [0.15, 0.2) is 5.82 Å². The topological polar surface area (TPSA) is 186 Å². The van der Waals surface area contributed by atoms with Gasteiger partial charge < -0.3 is 20.0 Å². The Kier molecular flexibility index (Phi) is 14.8. The van der Waals surface area contributed by atoms with Gasteiger partial charge in [0.1, 0.15) is 21.5 Å². The molecule has 6 rings (SSSR count). The van der Waals surface area contributed by atoms with Gasteiger partial charge in [-0.2, -0.15) is 4.33 Å². The first kappa shape index (κ1) is 41.8. The number of aliphatic imine (C=N–C) groups is 1. The second-order valence-corrected chi connectivity index (χ2v) is 13.1. The van der Waals surface area contributed by atoms with Crippen LogP contribution in [0.25, 0.3) is 11.4 Å². The van der Waals surface area contributed by atoms with Gasteiger partial charge in [-0.05, 0) is 86.6 Å². The molecular weight excluding hydrogens is 752 g/mol. The molecular formula is C33H26ClN7Na2O7S2. The molecule has 1 amide bonds. The fourth-order valence-corrected chi connectivity index (χ4v) is 6.47. The Morgan fingerprint density at radius 3 is 2.33 bits per heavy atom. The number of fused-ring (bicyclic) bond motifs is 1. The molecule has 14 nitrogen and oxygen atoms in total. The van der Waals surface area contributed by atoms with Gasteiger partial charge in [-0.15, -0.1) is 15.0 Å². The van der Waals surface area contributed by atoms with Crippen molar-refractivity contribution in [2.24, 2.45) is 10.1 Å². The molecule has 4 aromatic carbocycles. The molecule has 19 heteroatoms. The Labute approximate surface area is 352 Å². The molecule has 0 fully saturated rings. The van der Waals surface area contributed by atoms with E-state index in [0.717, 1.165) is 30.9 Å². The third-order valence-corrected chi connectivity index (χ3v) is 9.39. The van der Waals surface area contributed by atoms with E-state index < -0.39 is 26.5 Å². The second kappa shape index (κ2) is 18.4. The van der Waals surface area contributed by atoms with E-state index in [1.54, 1.807) is 30.3 Å². The molecule has 1 aromatic heterocycles. The molecule has 0 bridgehead atoms. The zero-order chi connectivity index (χ0) is 35.4. The molecule has 1 aliphatic rings. The van der Waals surface area contributed by atoms with Gasteiger partial charge in [0.25, 0.3) is 5.91 Å². The predicted octanol–water partition coefficient (Wildman–Crippen LogP) is -0.773. The summed E-state index contributed by atoms with van der Waals surface area (Å²) in [5.41, 5.74) is 3.86. The van der Waals surface area contributed by atoms with Crippen molar-refractivity contribution in [1.82, 2.24) is 14.9 Å². The zero-order valence-electron chi connectivity index (χ0n) is 28.3. The van der Waals surface area contributed by atoms with Crippen molar-refractivity contribution >= 4 is 68.2 Å². The minimum absolute atomic E-state index is 0. The van der Waals surface area contributed by atoms with Crippen LogP contribution in [0.2, 0.25) is 5.02 Å². The van der Waals surface area contributed by atoms with E-state index >= 15 is 0 Å². The van der Waals surface area contributed by atoms with E-state index in [-0.39, 0.29) is 69.7 Å². The Balaban J connectivity index is 0.00000302. The maximum absolute atomic E-state index is 13.1. The monoisotopic (exact) mass is 777 g/mol. The van der Waals surface area contributed by atoms with E-state index in [2.05, 4.69) is 38.5 Å². The first-order chi connectivity index (χ1) is 24.1. The van der Waals surface area contributed by atoms with E-state index in [4.69, 9.17) is 26.7 Å². The molecule has 1 N–H and O–H groups in total. The molecule has 0 aliphatic carbocycles. The first-order valence-corrected chi connectivity index (χ1v) is 17.5. The van der Waals surface area contributed by atoms with Crippen LogP contribution in [0, 0.1) is 0 Å². The van der Waals surface area contributed by atoms with Crippen molar-refractivity contribution in [2.45, 2.75) is 23.6 Å². The average Bonchev–Trinajstić information content (AvgIpc) is 3.67. The van der Waals surface area contributed by atoms with E-state index in [1.165, 1.54) is 10.9 Å². The van der Waals surface area contributed by atoms with Crippen molar-refractivity contribution in [1.29, 1.82) is 0 Å². The third kappa shape index (κ3) is 9.40. The normalized spacial score (nSPS) is 12.8. The van der Waals surface area contributed by atoms with Crippen molar-refractivity contribution in [3.8, 4) is 11.4 Å². The number of aromatic nitrogens is 3. The fraction of sp³-hybridized carbons (Fsp3) is 0.121. The van der Waals surface area contributed by atoms with Gasteiger partial charge in [0, 0.05) is 40.5 Å². The number of anilines is 2. The van der Waals surface area contributed by atoms with Gasteiger partial charge in [0.2, 0.25) is 5.82 Å². The number of nitrogens with one attached hydrogen (secondary N) is 1. The number of carbonyl (C=O) groups excluding carboxylic acids is 1. The molecule has 256 valence electrons. The largest absolute Gasteiger partial charge is 1.00 e. The number of rotatable bonds is 12. The number of nitrogens with zero attached hydrogens (tertiary/aromatic N) is 6. The van der Waals surface area contributed by atoms with E-state index in [9.17, 15) is 23.0 Å². The van der Waals surface area contributed by atoms with Gasteiger partial charge in [-0.25, -0.2) is 18.4 Å². The maximum atomic E-state index is 13.1. The second-order valence-electron chi connectivity index (χ2n) is 10.6. The van der Waals surface area contributed by atoms with Crippen molar-refractivity contribution < 1.29 is 91.5 Å². The number of carbonyl (C=O) groups is 1. The molecule has 5 aromatic rings. The Hall–Kier alpha value is -2.94. The Bertz CT molecular complexity index is 2230. The molecule has 2 heterocycles. The smallest absolute Gasteiger partial charge is 0.744 e. The average molecular weight is 778 g/mol. The number of hydrogen-bond acceptors (Lipinski definition) is 13. The summed E-state index contributed by atoms with van der Waals surface area (Å²) in [4.78, 5) is 25.8. The quantitative estimate of drug-likeness (QED) is 0.0551. The third-order valence-electron chi connectivity index (χ3n) is 7.59. The van der Waals surface area contributed by atoms with Crippen molar-refractivity contribution in [2.75, 3.05) is 23.3 Å². The number of hydrogen-bond donors (Lipinski definition) is 1. The SMILES string of the molecule is CCN(CC)c1ccc(N=C2C(c3ccccc3Cl)=Nn3nc(-c4ccc(NC(=O)c5cc(SOO[O-])ccc5S(=O)(=O)[O-])cc4)nc32)cc1.[Na+].[Na+]. The molecule has 0 saturated carbocycles. The fourth-order valence-electron chi connectivity index (χ4n) is 5.20. The summed E-state index contributed by atoms with van der Waals surface area (Å²) < 4.78 is 39.7. The van der Waals surface area contributed by atoms with Gasteiger partial charge >= 0.3 is 59.1 Å². The molecule has 0 atom stereocenters. The summed E-state index contributed by atoms with van der Waals surface area (Å²) in [5, 5.41) is 25.8. The number of halogens is 1. The molecule has 0 unspecified atom stereocenters. The standard InChI is InChI=1S/C33H28ClN7O7S2.2Na/c1-3-40(4-2)23-15-13-21(14-16-23)35-30-29(25-7-5-6-8-27(25)34)38-41-32(30)37-31(39-41)20-9-11-22(12-10-20)36-33(42)26-19-24(49-48-47-43)17-18-28(26)50(44,45)46;;/h5-19,43H,3-4H2,1-2H3,(H,36,42)(H,44,45,46);;/q;2*+1/p-2. The van der Waals surface area contributed by atoms with Crippen LogP contribution in [0.15, 0.2) is 111 Å². The van der Waals surface area contributed by atoms with E-state index in [1.807, 2.05) is 42.5 Å². The van der Waals surface area contributed by atoms with Gasteiger partial charge in [-0.1, -0.05) is 29.8 Å². The molecule has 0 spiro atoms. The molecule has 52 heavy (non-hydrogen) atoms. The first-order valence-electron chi connectivity index (χ1n) is 15.0. The minimum Gasteiger partial charge on any atom is -0.744 e. The van der Waals surface area contributed by atoms with Crippen molar-refractivity contribution in [3.63, 3.8) is 0 Å². The van der Waals surface area contributed by atoms with Crippen LogP contribution in [0.4, 0.5) is 17.1 Å². The summed E-state index contributed by atoms with van der Waals surface area (Å²) in [7, 11) is -5.01. The van der Waals surface area contributed by atoms with Crippen LogP contribution in [0.3, 0.4) is 0 Å². The van der Waals surface area contributed by atoms with Crippen molar-refractivity contribution in [3.05, 3.63) is 113 Å². The van der Waals surface area contributed by atoms with Crippen LogP contribution < -0.4 is 74.6 Å². The summed E-state index contributed by atoms with van der Waals surface area (Å²) >= 11 is 6.99. The maximum Gasteiger partial charge on any atom is 1.00 e. The van der Waals surface area contributed by atoms with Crippen LogP contribution >= 0.6 is 23.6 Å².